The molecule has 0 aliphatic rings. The van der Waals surface area contributed by atoms with Crippen molar-refractivity contribution in [2.24, 2.45) is 0 Å². The second kappa shape index (κ2) is 9.33. The minimum Gasteiger partial charge on any atom is -0.496 e. The van der Waals surface area contributed by atoms with Gasteiger partial charge in [0.15, 0.2) is 11.5 Å². The average Bonchev–Trinajstić information content (AvgIpc) is 2.65. The number of halogens is 1. The van der Waals surface area contributed by atoms with Gasteiger partial charge in [-0.2, -0.15) is 0 Å². The predicted molar refractivity (Wildman–Crippen MR) is 108 cm³/mol. The van der Waals surface area contributed by atoms with Gasteiger partial charge >= 0.3 is 0 Å². The van der Waals surface area contributed by atoms with Crippen LogP contribution in [0.3, 0.4) is 0 Å². The highest BCUT2D eigenvalue weighted by Crippen LogP contribution is 2.36. The lowest BCUT2D eigenvalue weighted by Crippen LogP contribution is -2.25. The minimum absolute atomic E-state index is 0.203. The van der Waals surface area contributed by atoms with Crippen LogP contribution < -0.4 is 19.5 Å². The average molecular weight is 390 g/mol. The summed E-state index contributed by atoms with van der Waals surface area (Å²) in [5.41, 5.74) is 2.75. The molecule has 5 nitrogen and oxygen atoms in total. The summed E-state index contributed by atoms with van der Waals surface area (Å²) >= 11 is 6.19. The molecule has 6 heteroatoms. The topological polar surface area (TPSA) is 56.8 Å². The Morgan fingerprint density at radius 1 is 1.07 bits per heavy atom. The molecule has 2 aromatic carbocycles. The Kier molecular flexibility index (Phi) is 7.13. The fraction of sp³-hybridized carbons (Fsp3) is 0.286. The number of carbonyl (C=O) groups is 1. The third-order valence-corrected chi connectivity index (χ3v) is 4.37. The molecular weight excluding hydrogens is 366 g/mol. The first-order valence-electron chi connectivity index (χ1n) is 8.44. The standard InChI is InChI=1S/C21H24ClNO4/c1-13-6-8-18(25-3)16(10-13)14(2)23-20(24)9-7-15-11-17(22)21(27-5)19(12-15)26-4/h6-12,14H,1-5H3,(H,23,24)/b9-7+/t14-/m0/s1. The summed E-state index contributed by atoms with van der Waals surface area (Å²) in [5, 5.41) is 3.35. The van der Waals surface area contributed by atoms with E-state index in [-0.39, 0.29) is 11.9 Å². The molecule has 0 saturated carbocycles. The zero-order valence-corrected chi connectivity index (χ0v) is 16.9. The molecule has 0 heterocycles. The number of aryl methyl sites for hydroxylation is 1. The van der Waals surface area contributed by atoms with Gasteiger partial charge in [0, 0.05) is 11.6 Å². The monoisotopic (exact) mass is 389 g/mol. The lowest BCUT2D eigenvalue weighted by Gasteiger charge is -2.17. The van der Waals surface area contributed by atoms with E-state index in [4.69, 9.17) is 25.8 Å². The summed E-state index contributed by atoms with van der Waals surface area (Å²) in [6, 6.07) is 9.13. The molecule has 2 rings (SSSR count). The molecule has 1 N–H and O–H groups in total. The van der Waals surface area contributed by atoms with Crippen molar-refractivity contribution in [1.82, 2.24) is 5.32 Å². The Labute approximate surface area is 164 Å². The van der Waals surface area contributed by atoms with Crippen molar-refractivity contribution in [3.63, 3.8) is 0 Å². The molecule has 0 spiro atoms. The van der Waals surface area contributed by atoms with E-state index in [1.165, 1.54) is 20.3 Å². The van der Waals surface area contributed by atoms with E-state index in [1.54, 1.807) is 25.3 Å². The van der Waals surface area contributed by atoms with E-state index in [0.717, 1.165) is 22.4 Å². The van der Waals surface area contributed by atoms with E-state index in [0.29, 0.717) is 16.5 Å². The van der Waals surface area contributed by atoms with Crippen molar-refractivity contribution >= 4 is 23.6 Å². The van der Waals surface area contributed by atoms with Crippen LogP contribution in [0.5, 0.6) is 17.2 Å². The maximum absolute atomic E-state index is 12.3. The number of nitrogens with one attached hydrogen (secondary N) is 1. The molecule has 0 radical (unpaired) electrons. The molecule has 0 bridgehead atoms. The highest BCUT2D eigenvalue weighted by atomic mass is 35.5. The second-order valence-corrected chi connectivity index (χ2v) is 6.45. The first-order chi connectivity index (χ1) is 12.9. The number of hydrogen-bond donors (Lipinski definition) is 1. The maximum atomic E-state index is 12.3. The van der Waals surface area contributed by atoms with Gasteiger partial charge in [0.25, 0.3) is 0 Å². The number of ether oxygens (including phenoxy) is 3. The number of methoxy groups -OCH3 is 3. The Hall–Kier alpha value is -2.66. The van der Waals surface area contributed by atoms with Crippen molar-refractivity contribution in [1.29, 1.82) is 0 Å². The summed E-state index contributed by atoms with van der Waals surface area (Å²) in [7, 11) is 4.67. The lowest BCUT2D eigenvalue weighted by molar-refractivity contribution is -0.117. The quantitative estimate of drug-likeness (QED) is 0.705. The Bertz CT molecular complexity index is 848. The van der Waals surface area contributed by atoms with Crippen LogP contribution in [0.4, 0.5) is 0 Å². The lowest BCUT2D eigenvalue weighted by atomic mass is 10.0. The van der Waals surface area contributed by atoms with Crippen LogP contribution in [0.15, 0.2) is 36.4 Å². The molecule has 0 aliphatic heterocycles. The fourth-order valence-electron chi connectivity index (χ4n) is 2.74. The molecule has 1 amide bonds. The summed E-state index contributed by atoms with van der Waals surface area (Å²) < 4.78 is 15.9. The Morgan fingerprint density at radius 2 is 1.78 bits per heavy atom. The van der Waals surface area contributed by atoms with Gasteiger partial charge in [-0.15, -0.1) is 0 Å². The van der Waals surface area contributed by atoms with Gasteiger partial charge in [0.05, 0.1) is 32.4 Å². The Balaban J connectivity index is 2.14. The van der Waals surface area contributed by atoms with Crippen LogP contribution in [0, 0.1) is 6.92 Å². The highest BCUT2D eigenvalue weighted by Gasteiger charge is 2.14. The number of hydrogen-bond acceptors (Lipinski definition) is 4. The minimum atomic E-state index is -0.225. The summed E-state index contributed by atoms with van der Waals surface area (Å²) in [6.45, 7) is 3.91. The molecule has 1 atom stereocenters. The first kappa shape index (κ1) is 20.6. The Morgan fingerprint density at radius 3 is 2.41 bits per heavy atom. The predicted octanol–water partition coefficient (Wildman–Crippen LogP) is 4.56. The summed E-state index contributed by atoms with van der Waals surface area (Å²) in [4.78, 5) is 12.3. The normalized spacial score (nSPS) is 11.9. The van der Waals surface area contributed by atoms with E-state index in [2.05, 4.69) is 5.32 Å². The van der Waals surface area contributed by atoms with Crippen LogP contribution in [0.25, 0.3) is 6.08 Å². The number of carbonyl (C=O) groups excluding carboxylic acids is 1. The first-order valence-corrected chi connectivity index (χ1v) is 8.82. The van der Waals surface area contributed by atoms with Gasteiger partial charge in [0.1, 0.15) is 5.75 Å². The van der Waals surface area contributed by atoms with E-state index in [9.17, 15) is 4.79 Å². The molecule has 0 unspecified atom stereocenters. The van der Waals surface area contributed by atoms with Crippen LogP contribution in [-0.4, -0.2) is 27.2 Å². The van der Waals surface area contributed by atoms with Gasteiger partial charge < -0.3 is 19.5 Å². The maximum Gasteiger partial charge on any atom is 0.244 e. The third kappa shape index (κ3) is 5.17. The molecular formula is C21H24ClNO4. The third-order valence-electron chi connectivity index (χ3n) is 4.09. The van der Waals surface area contributed by atoms with Gasteiger partial charge in [-0.3, -0.25) is 4.79 Å². The van der Waals surface area contributed by atoms with Crippen LogP contribution in [0.1, 0.15) is 29.7 Å². The van der Waals surface area contributed by atoms with E-state index in [1.807, 2.05) is 32.0 Å². The molecule has 27 heavy (non-hydrogen) atoms. The largest absolute Gasteiger partial charge is 0.496 e. The molecule has 0 fully saturated rings. The highest BCUT2D eigenvalue weighted by molar-refractivity contribution is 6.32. The van der Waals surface area contributed by atoms with Crippen LogP contribution >= 0.6 is 11.6 Å². The van der Waals surface area contributed by atoms with Crippen molar-refractivity contribution in [2.75, 3.05) is 21.3 Å². The second-order valence-electron chi connectivity index (χ2n) is 6.05. The summed E-state index contributed by atoms with van der Waals surface area (Å²) in [6.07, 6.45) is 3.12. The molecule has 0 aliphatic carbocycles. The molecule has 144 valence electrons. The SMILES string of the molecule is COc1ccc(C)cc1[C@H](C)NC(=O)/C=C/c1cc(Cl)c(OC)c(OC)c1. The molecule has 2 aromatic rings. The van der Waals surface area contributed by atoms with Crippen molar-refractivity contribution < 1.29 is 19.0 Å². The van der Waals surface area contributed by atoms with Gasteiger partial charge in [0.2, 0.25) is 5.91 Å². The van der Waals surface area contributed by atoms with Crippen LogP contribution in [-0.2, 0) is 4.79 Å². The fourth-order valence-corrected chi connectivity index (χ4v) is 3.03. The van der Waals surface area contributed by atoms with Gasteiger partial charge in [-0.05, 0) is 43.7 Å². The molecule has 0 saturated heterocycles. The number of amides is 1. The van der Waals surface area contributed by atoms with Crippen molar-refractivity contribution in [2.45, 2.75) is 19.9 Å². The van der Waals surface area contributed by atoms with Gasteiger partial charge in [-0.1, -0.05) is 29.3 Å². The zero-order chi connectivity index (χ0) is 20.0. The van der Waals surface area contributed by atoms with Crippen molar-refractivity contribution in [3.05, 3.63) is 58.1 Å². The van der Waals surface area contributed by atoms with E-state index < -0.39 is 0 Å². The summed E-state index contributed by atoms with van der Waals surface area (Å²) in [5.74, 6) is 1.48. The van der Waals surface area contributed by atoms with Crippen LogP contribution in [0.2, 0.25) is 5.02 Å². The van der Waals surface area contributed by atoms with E-state index >= 15 is 0 Å². The number of benzene rings is 2. The van der Waals surface area contributed by atoms with Crippen molar-refractivity contribution in [3.8, 4) is 17.2 Å². The van der Waals surface area contributed by atoms with Gasteiger partial charge in [-0.25, -0.2) is 0 Å². The smallest absolute Gasteiger partial charge is 0.244 e. The number of rotatable bonds is 7. The molecule has 0 aromatic heterocycles. The zero-order valence-electron chi connectivity index (χ0n) is 16.1.